The minimum Gasteiger partial charge on any atom is -0.484 e. The van der Waals surface area contributed by atoms with Gasteiger partial charge in [0.2, 0.25) is 10.0 Å². The van der Waals surface area contributed by atoms with Crippen molar-refractivity contribution in [3.05, 3.63) is 59.1 Å². The Balaban J connectivity index is 1.71. The summed E-state index contributed by atoms with van der Waals surface area (Å²) in [6.45, 7) is 2.09. The molecular weight excluding hydrogens is 376 g/mol. The predicted octanol–water partition coefficient (Wildman–Crippen LogP) is 2.38. The van der Waals surface area contributed by atoms with Crippen LogP contribution in [0.3, 0.4) is 0 Å². The van der Waals surface area contributed by atoms with Gasteiger partial charge in [-0.3, -0.25) is 4.79 Å². The molecule has 2 aromatic rings. The molecule has 6 nitrogen and oxygen atoms in total. The molecule has 26 heavy (non-hydrogen) atoms. The summed E-state index contributed by atoms with van der Waals surface area (Å²) in [5.41, 5.74) is 1.07. The van der Waals surface area contributed by atoms with Gasteiger partial charge >= 0.3 is 0 Å². The van der Waals surface area contributed by atoms with E-state index in [0.29, 0.717) is 10.8 Å². The summed E-state index contributed by atoms with van der Waals surface area (Å²) in [6, 6.07) is 13.3. The molecule has 0 aromatic heterocycles. The Morgan fingerprint density at radius 3 is 2.31 bits per heavy atom. The summed E-state index contributed by atoms with van der Waals surface area (Å²) in [5, 5.41) is 3.17. The Labute approximate surface area is 158 Å². The highest BCUT2D eigenvalue weighted by Gasteiger charge is 2.13. The van der Waals surface area contributed by atoms with Crippen LogP contribution < -0.4 is 14.8 Å². The molecule has 2 N–H and O–H groups in total. The SMILES string of the molecule is CCc1ccc(S(=O)(=O)NCCNC(=O)COc2ccc(Cl)cc2)cc1. The first-order chi connectivity index (χ1) is 12.4. The Morgan fingerprint density at radius 1 is 1.04 bits per heavy atom. The quantitative estimate of drug-likeness (QED) is 0.637. The van der Waals surface area contributed by atoms with E-state index in [0.717, 1.165) is 12.0 Å². The van der Waals surface area contributed by atoms with Gasteiger partial charge in [0.1, 0.15) is 5.75 Å². The number of nitrogens with one attached hydrogen (secondary N) is 2. The van der Waals surface area contributed by atoms with Crippen molar-refractivity contribution in [2.45, 2.75) is 18.2 Å². The maximum Gasteiger partial charge on any atom is 0.257 e. The van der Waals surface area contributed by atoms with Gasteiger partial charge in [-0.1, -0.05) is 30.7 Å². The minimum absolute atomic E-state index is 0.0878. The Hall–Kier alpha value is -2.09. The topological polar surface area (TPSA) is 84.5 Å². The van der Waals surface area contributed by atoms with Gasteiger partial charge in [-0.2, -0.15) is 0 Å². The highest BCUT2D eigenvalue weighted by molar-refractivity contribution is 7.89. The normalized spacial score (nSPS) is 11.2. The summed E-state index contributed by atoms with van der Waals surface area (Å²) >= 11 is 5.76. The van der Waals surface area contributed by atoms with E-state index in [1.165, 1.54) is 0 Å². The van der Waals surface area contributed by atoms with Gasteiger partial charge in [-0.05, 0) is 48.4 Å². The molecule has 0 aliphatic heterocycles. The number of hydrogen-bond acceptors (Lipinski definition) is 4. The van der Waals surface area contributed by atoms with Crippen LogP contribution in [0.15, 0.2) is 53.4 Å². The Morgan fingerprint density at radius 2 is 1.69 bits per heavy atom. The zero-order chi connectivity index (χ0) is 19.0. The molecule has 0 saturated carbocycles. The number of aryl methyl sites for hydroxylation is 1. The summed E-state index contributed by atoms with van der Waals surface area (Å²) in [6.07, 6.45) is 0.845. The predicted molar refractivity (Wildman–Crippen MR) is 101 cm³/mol. The van der Waals surface area contributed by atoms with Gasteiger partial charge in [0.25, 0.3) is 5.91 Å². The Kier molecular flexibility index (Phi) is 7.44. The second-order valence-corrected chi connectivity index (χ2v) is 7.69. The fraction of sp³-hybridized carbons (Fsp3) is 0.278. The lowest BCUT2D eigenvalue weighted by atomic mass is 10.2. The standard InChI is InChI=1S/C18H21ClN2O4S/c1-2-14-3-9-17(10-4-14)26(23,24)21-12-11-20-18(22)13-25-16-7-5-15(19)6-8-16/h3-10,21H,2,11-13H2,1H3,(H,20,22). The maximum atomic E-state index is 12.2. The summed E-state index contributed by atoms with van der Waals surface area (Å²) in [7, 11) is -3.59. The Bertz CT molecular complexity index is 821. The van der Waals surface area contributed by atoms with Crippen LogP contribution in [0.5, 0.6) is 5.75 Å². The van der Waals surface area contributed by atoms with Gasteiger partial charge in [0.05, 0.1) is 4.90 Å². The number of amides is 1. The molecule has 2 aromatic carbocycles. The van der Waals surface area contributed by atoms with E-state index in [9.17, 15) is 13.2 Å². The van der Waals surface area contributed by atoms with Crippen LogP contribution >= 0.6 is 11.6 Å². The number of sulfonamides is 1. The van der Waals surface area contributed by atoms with E-state index in [2.05, 4.69) is 10.0 Å². The first kappa shape index (κ1) is 20.2. The maximum absolute atomic E-state index is 12.2. The molecule has 0 unspecified atom stereocenters. The van der Waals surface area contributed by atoms with Crippen molar-refractivity contribution in [1.29, 1.82) is 0 Å². The molecule has 0 saturated heterocycles. The van der Waals surface area contributed by atoms with Crippen molar-refractivity contribution in [2.75, 3.05) is 19.7 Å². The number of ether oxygens (including phenoxy) is 1. The van der Waals surface area contributed by atoms with E-state index >= 15 is 0 Å². The third kappa shape index (κ3) is 6.33. The molecule has 0 atom stereocenters. The summed E-state index contributed by atoms with van der Waals surface area (Å²) in [4.78, 5) is 11.9. The molecular formula is C18H21ClN2O4S. The third-order valence-electron chi connectivity index (χ3n) is 3.56. The molecule has 0 bridgehead atoms. The van der Waals surface area contributed by atoms with E-state index in [1.54, 1.807) is 48.5 Å². The van der Waals surface area contributed by atoms with Crippen LogP contribution in [0.2, 0.25) is 5.02 Å². The molecule has 140 valence electrons. The summed E-state index contributed by atoms with van der Waals surface area (Å²) < 4.78 is 32.1. The number of rotatable bonds is 9. The molecule has 0 radical (unpaired) electrons. The number of carbonyl (C=O) groups excluding carboxylic acids is 1. The smallest absolute Gasteiger partial charge is 0.257 e. The van der Waals surface area contributed by atoms with Gasteiger partial charge < -0.3 is 10.1 Å². The van der Waals surface area contributed by atoms with Crippen LogP contribution in [0.1, 0.15) is 12.5 Å². The molecule has 0 aliphatic rings. The van der Waals surface area contributed by atoms with Gasteiger partial charge in [-0.25, -0.2) is 13.1 Å². The average Bonchev–Trinajstić information content (AvgIpc) is 2.65. The highest BCUT2D eigenvalue weighted by Crippen LogP contribution is 2.15. The van der Waals surface area contributed by atoms with Crippen molar-refractivity contribution in [2.24, 2.45) is 0 Å². The van der Waals surface area contributed by atoms with E-state index in [-0.39, 0.29) is 30.5 Å². The number of carbonyl (C=O) groups is 1. The highest BCUT2D eigenvalue weighted by atomic mass is 35.5. The van der Waals surface area contributed by atoms with Gasteiger partial charge in [0.15, 0.2) is 6.61 Å². The molecule has 1 amide bonds. The average molecular weight is 397 g/mol. The van der Waals surface area contributed by atoms with Crippen LogP contribution in [0, 0.1) is 0 Å². The van der Waals surface area contributed by atoms with Crippen LogP contribution in [0.25, 0.3) is 0 Å². The first-order valence-electron chi connectivity index (χ1n) is 8.14. The van der Waals surface area contributed by atoms with Crippen molar-refractivity contribution < 1.29 is 17.9 Å². The zero-order valence-electron chi connectivity index (χ0n) is 14.4. The van der Waals surface area contributed by atoms with E-state index in [4.69, 9.17) is 16.3 Å². The van der Waals surface area contributed by atoms with Crippen molar-refractivity contribution in [3.8, 4) is 5.75 Å². The molecule has 8 heteroatoms. The fourth-order valence-electron chi connectivity index (χ4n) is 2.11. The van der Waals surface area contributed by atoms with E-state index in [1.807, 2.05) is 6.92 Å². The van der Waals surface area contributed by atoms with Crippen molar-refractivity contribution in [3.63, 3.8) is 0 Å². The second kappa shape index (κ2) is 9.56. The lowest BCUT2D eigenvalue weighted by Crippen LogP contribution is -2.36. The number of halogens is 1. The van der Waals surface area contributed by atoms with Crippen molar-refractivity contribution in [1.82, 2.24) is 10.0 Å². The molecule has 0 spiro atoms. The number of hydrogen-bond donors (Lipinski definition) is 2. The van der Waals surface area contributed by atoms with Crippen LogP contribution in [-0.2, 0) is 21.2 Å². The van der Waals surface area contributed by atoms with E-state index < -0.39 is 10.0 Å². The largest absolute Gasteiger partial charge is 0.484 e. The molecule has 0 aliphatic carbocycles. The summed E-state index contributed by atoms with van der Waals surface area (Å²) in [5.74, 6) is 0.187. The second-order valence-electron chi connectivity index (χ2n) is 5.49. The van der Waals surface area contributed by atoms with Gasteiger partial charge in [-0.15, -0.1) is 0 Å². The van der Waals surface area contributed by atoms with Gasteiger partial charge in [0, 0.05) is 18.1 Å². The third-order valence-corrected chi connectivity index (χ3v) is 5.29. The monoisotopic (exact) mass is 396 g/mol. The minimum atomic E-state index is -3.59. The molecule has 2 rings (SSSR count). The van der Waals surface area contributed by atoms with Crippen LogP contribution in [0.4, 0.5) is 0 Å². The number of benzene rings is 2. The lowest BCUT2D eigenvalue weighted by molar-refractivity contribution is -0.123. The zero-order valence-corrected chi connectivity index (χ0v) is 15.9. The molecule has 0 heterocycles. The van der Waals surface area contributed by atoms with Crippen LogP contribution in [-0.4, -0.2) is 34.0 Å². The lowest BCUT2D eigenvalue weighted by Gasteiger charge is -2.09. The first-order valence-corrected chi connectivity index (χ1v) is 10.0. The fourth-order valence-corrected chi connectivity index (χ4v) is 3.26. The van der Waals surface area contributed by atoms with Crippen molar-refractivity contribution >= 4 is 27.5 Å². The molecule has 0 fully saturated rings.